The minimum absolute atomic E-state index is 0.0966. The summed E-state index contributed by atoms with van der Waals surface area (Å²) in [6.45, 7) is 4.05. The molecule has 2 aromatic heterocycles. The molecule has 0 spiro atoms. The van der Waals surface area contributed by atoms with Gasteiger partial charge in [-0.05, 0) is 36.2 Å². The number of nitrogens with one attached hydrogen (secondary N) is 1. The number of hydrogen-bond donors (Lipinski definition) is 1. The molecule has 0 radical (unpaired) electrons. The van der Waals surface area contributed by atoms with Gasteiger partial charge >= 0.3 is 0 Å². The fourth-order valence-corrected chi connectivity index (χ4v) is 2.69. The Balaban J connectivity index is 1.62. The van der Waals surface area contributed by atoms with Crippen molar-refractivity contribution in [2.75, 3.05) is 7.11 Å². The maximum Gasteiger partial charge on any atom is 0.254 e. The summed E-state index contributed by atoms with van der Waals surface area (Å²) >= 11 is 0. The number of carbonyl (C=O) groups excluding carboxylic acids is 1. The van der Waals surface area contributed by atoms with Gasteiger partial charge in [0.1, 0.15) is 18.6 Å². The molecule has 0 aliphatic carbocycles. The number of methoxy groups -OCH3 is 1. The van der Waals surface area contributed by atoms with E-state index in [4.69, 9.17) is 4.74 Å². The van der Waals surface area contributed by atoms with Crippen LogP contribution < -0.4 is 15.6 Å². The Morgan fingerprint density at radius 2 is 1.90 bits per heavy atom. The molecule has 1 aromatic carbocycles. The SMILES string of the molecule is COc1ccc(-c2cc(CNC(=O)Cn3cnc(C(C)C)cc3=O)ncn2)cc1. The van der Waals surface area contributed by atoms with Gasteiger partial charge < -0.3 is 10.1 Å². The summed E-state index contributed by atoms with van der Waals surface area (Å²) in [5.41, 5.74) is 2.79. The highest BCUT2D eigenvalue weighted by atomic mass is 16.5. The first-order valence-corrected chi connectivity index (χ1v) is 9.24. The van der Waals surface area contributed by atoms with Crippen LogP contribution in [0.5, 0.6) is 5.75 Å². The molecule has 29 heavy (non-hydrogen) atoms. The maximum absolute atomic E-state index is 12.2. The van der Waals surface area contributed by atoms with Gasteiger partial charge in [0, 0.05) is 11.6 Å². The van der Waals surface area contributed by atoms with Crippen molar-refractivity contribution in [3.05, 3.63) is 70.8 Å². The Bertz CT molecular complexity index is 1040. The van der Waals surface area contributed by atoms with Gasteiger partial charge in [-0.1, -0.05) is 13.8 Å². The molecular formula is C21H23N5O3. The number of nitrogens with zero attached hydrogens (tertiary/aromatic N) is 4. The van der Waals surface area contributed by atoms with Gasteiger partial charge in [0.05, 0.1) is 37.1 Å². The van der Waals surface area contributed by atoms with Crippen molar-refractivity contribution in [2.45, 2.75) is 32.9 Å². The molecule has 8 nitrogen and oxygen atoms in total. The lowest BCUT2D eigenvalue weighted by Crippen LogP contribution is -2.32. The van der Waals surface area contributed by atoms with E-state index in [9.17, 15) is 9.59 Å². The first-order chi connectivity index (χ1) is 14.0. The smallest absolute Gasteiger partial charge is 0.254 e. The van der Waals surface area contributed by atoms with Gasteiger partial charge in [0.25, 0.3) is 5.56 Å². The van der Waals surface area contributed by atoms with Crippen LogP contribution in [0.15, 0.2) is 53.8 Å². The van der Waals surface area contributed by atoms with E-state index in [-0.39, 0.29) is 30.5 Å². The van der Waals surface area contributed by atoms with E-state index in [0.29, 0.717) is 11.4 Å². The summed E-state index contributed by atoms with van der Waals surface area (Å²) in [6.07, 6.45) is 2.86. The topological polar surface area (TPSA) is 99.0 Å². The van der Waals surface area contributed by atoms with Gasteiger partial charge in [-0.2, -0.15) is 0 Å². The quantitative estimate of drug-likeness (QED) is 0.660. The van der Waals surface area contributed by atoms with Crippen LogP contribution in [0.3, 0.4) is 0 Å². The lowest BCUT2D eigenvalue weighted by Gasteiger charge is -2.09. The van der Waals surface area contributed by atoms with Gasteiger partial charge in [-0.25, -0.2) is 15.0 Å². The second kappa shape index (κ2) is 9.09. The lowest BCUT2D eigenvalue weighted by atomic mass is 10.1. The van der Waals surface area contributed by atoms with Crippen LogP contribution in [0, 0.1) is 0 Å². The summed E-state index contributed by atoms with van der Waals surface area (Å²) < 4.78 is 6.44. The fourth-order valence-electron chi connectivity index (χ4n) is 2.69. The maximum atomic E-state index is 12.2. The Morgan fingerprint density at radius 1 is 1.14 bits per heavy atom. The molecule has 0 fully saturated rings. The first kappa shape index (κ1) is 20.2. The summed E-state index contributed by atoms with van der Waals surface area (Å²) in [7, 11) is 1.61. The normalized spacial score (nSPS) is 10.8. The van der Waals surface area contributed by atoms with E-state index in [1.54, 1.807) is 7.11 Å². The molecule has 0 unspecified atom stereocenters. The second-order valence-electron chi connectivity index (χ2n) is 6.83. The number of aromatic nitrogens is 4. The van der Waals surface area contributed by atoms with Crippen LogP contribution in [0.25, 0.3) is 11.3 Å². The summed E-state index contributed by atoms with van der Waals surface area (Å²) in [5, 5.41) is 2.77. The van der Waals surface area contributed by atoms with E-state index in [0.717, 1.165) is 17.0 Å². The number of ether oxygens (including phenoxy) is 1. The molecule has 8 heteroatoms. The second-order valence-corrected chi connectivity index (χ2v) is 6.83. The molecule has 3 aromatic rings. The zero-order valence-corrected chi connectivity index (χ0v) is 16.6. The van der Waals surface area contributed by atoms with Crippen LogP contribution in [0.4, 0.5) is 0 Å². The third kappa shape index (κ3) is 5.25. The predicted octanol–water partition coefficient (Wildman–Crippen LogP) is 2.15. The van der Waals surface area contributed by atoms with Crippen LogP contribution in [0.2, 0.25) is 0 Å². The van der Waals surface area contributed by atoms with Crippen LogP contribution >= 0.6 is 0 Å². The molecule has 2 heterocycles. The van der Waals surface area contributed by atoms with E-state index >= 15 is 0 Å². The zero-order chi connectivity index (χ0) is 20.8. The van der Waals surface area contributed by atoms with Gasteiger partial charge in [-0.3, -0.25) is 14.2 Å². The molecule has 0 saturated carbocycles. The Hall–Kier alpha value is -3.55. The van der Waals surface area contributed by atoms with Gasteiger partial charge in [-0.15, -0.1) is 0 Å². The van der Waals surface area contributed by atoms with Crippen LogP contribution in [-0.2, 0) is 17.9 Å². The standard InChI is InChI=1S/C21H23N5O3/c1-14(2)18-9-21(28)26(13-25-18)11-20(27)22-10-16-8-19(24-12-23-16)15-4-6-17(29-3)7-5-15/h4-9,12-14H,10-11H2,1-3H3,(H,22,27). The monoisotopic (exact) mass is 393 g/mol. The van der Waals surface area contributed by atoms with Crippen molar-refractivity contribution >= 4 is 5.91 Å². The highest BCUT2D eigenvalue weighted by molar-refractivity contribution is 5.75. The minimum Gasteiger partial charge on any atom is -0.497 e. The van der Waals surface area contributed by atoms with Crippen molar-refractivity contribution in [2.24, 2.45) is 0 Å². The molecule has 0 atom stereocenters. The molecule has 1 N–H and O–H groups in total. The molecule has 150 valence electrons. The third-order valence-corrected chi connectivity index (χ3v) is 4.38. The lowest BCUT2D eigenvalue weighted by molar-refractivity contribution is -0.121. The van der Waals surface area contributed by atoms with E-state index in [2.05, 4.69) is 20.3 Å². The predicted molar refractivity (Wildman–Crippen MR) is 108 cm³/mol. The van der Waals surface area contributed by atoms with Crippen molar-refractivity contribution in [1.29, 1.82) is 0 Å². The highest BCUT2D eigenvalue weighted by Crippen LogP contribution is 2.20. The molecule has 0 aliphatic heterocycles. The molecule has 3 rings (SSSR count). The van der Waals surface area contributed by atoms with Crippen LogP contribution in [-0.4, -0.2) is 32.5 Å². The first-order valence-electron chi connectivity index (χ1n) is 9.24. The minimum atomic E-state index is -0.296. The molecule has 0 bridgehead atoms. The third-order valence-electron chi connectivity index (χ3n) is 4.38. The fraction of sp³-hybridized carbons (Fsp3) is 0.286. The van der Waals surface area contributed by atoms with E-state index in [1.165, 1.54) is 23.3 Å². The van der Waals surface area contributed by atoms with Crippen LogP contribution in [0.1, 0.15) is 31.2 Å². The van der Waals surface area contributed by atoms with Crippen molar-refractivity contribution in [1.82, 2.24) is 24.8 Å². The number of carbonyl (C=O) groups is 1. The Labute approximate surface area is 168 Å². The molecule has 1 amide bonds. The summed E-state index contributed by atoms with van der Waals surface area (Å²) in [4.78, 5) is 37.0. The molecule has 0 saturated heterocycles. The van der Waals surface area contributed by atoms with E-state index < -0.39 is 0 Å². The van der Waals surface area contributed by atoms with Crippen molar-refractivity contribution < 1.29 is 9.53 Å². The average Bonchev–Trinajstić information content (AvgIpc) is 2.74. The summed E-state index contributed by atoms with van der Waals surface area (Å²) in [5.74, 6) is 0.626. The van der Waals surface area contributed by atoms with Gasteiger partial charge in [0.15, 0.2) is 0 Å². The number of hydrogen-bond acceptors (Lipinski definition) is 6. The summed E-state index contributed by atoms with van der Waals surface area (Å²) in [6, 6.07) is 10.8. The number of amides is 1. The average molecular weight is 393 g/mol. The largest absolute Gasteiger partial charge is 0.497 e. The van der Waals surface area contributed by atoms with Gasteiger partial charge in [0.2, 0.25) is 5.91 Å². The highest BCUT2D eigenvalue weighted by Gasteiger charge is 2.09. The molecule has 0 aliphatic rings. The number of rotatable bonds is 7. The Kier molecular flexibility index (Phi) is 6.33. The molecular weight excluding hydrogens is 370 g/mol. The van der Waals surface area contributed by atoms with Crippen molar-refractivity contribution in [3.63, 3.8) is 0 Å². The number of benzene rings is 1. The Morgan fingerprint density at radius 3 is 2.55 bits per heavy atom. The van der Waals surface area contributed by atoms with Crippen molar-refractivity contribution in [3.8, 4) is 17.0 Å². The zero-order valence-electron chi connectivity index (χ0n) is 16.6. The van der Waals surface area contributed by atoms with E-state index in [1.807, 2.05) is 44.2 Å².